The van der Waals surface area contributed by atoms with Gasteiger partial charge in [-0.05, 0) is 36.1 Å². The summed E-state index contributed by atoms with van der Waals surface area (Å²) >= 11 is 0. The van der Waals surface area contributed by atoms with Gasteiger partial charge < -0.3 is 9.47 Å². The van der Waals surface area contributed by atoms with Crippen LogP contribution in [0.1, 0.15) is 65.3 Å². The predicted molar refractivity (Wildman–Crippen MR) is 108 cm³/mol. The van der Waals surface area contributed by atoms with E-state index in [1.165, 1.54) is 21.1 Å². The number of methoxy groups -OCH3 is 2. The number of ketones is 1. The molecule has 0 spiro atoms. The average Bonchev–Trinajstić information content (AvgIpc) is 2.72. The second kappa shape index (κ2) is 9.83. The molecule has 2 rings (SSSR count). The van der Waals surface area contributed by atoms with Crippen LogP contribution < -0.4 is 0 Å². The zero-order valence-electron chi connectivity index (χ0n) is 16.8. The van der Waals surface area contributed by atoms with Crippen LogP contribution in [0.4, 0.5) is 0 Å². The molecule has 2 aromatic rings. The van der Waals surface area contributed by atoms with Crippen molar-refractivity contribution in [2.45, 2.75) is 39.0 Å². The van der Waals surface area contributed by atoms with E-state index >= 15 is 0 Å². The molecule has 0 aliphatic heterocycles. The molecule has 28 heavy (non-hydrogen) atoms. The van der Waals surface area contributed by atoms with Crippen molar-refractivity contribution in [3.63, 3.8) is 0 Å². The molecule has 1 unspecified atom stereocenters. The molecule has 148 valence electrons. The minimum atomic E-state index is -0.657. The number of unbranched alkanes of at least 4 members (excludes halogenated alkanes) is 1. The Morgan fingerprint density at radius 1 is 0.929 bits per heavy atom. The summed E-state index contributed by atoms with van der Waals surface area (Å²) in [6.07, 6.45) is 2.32. The van der Waals surface area contributed by atoms with Gasteiger partial charge in [0.2, 0.25) is 0 Å². The summed E-state index contributed by atoms with van der Waals surface area (Å²) in [4.78, 5) is 37.6. The Morgan fingerprint density at radius 3 is 2.11 bits per heavy atom. The Kier molecular flexibility index (Phi) is 7.50. The number of hydrogen-bond donors (Lipinski definition) is 0. The maximum atomic E-state index is 12.7. The molecule has 0 saturated carbocycles. The second-order valence-electron chi connectivity index (χ2n) is 6.60. The maximum Gasteiger partial charge on any atom is 0.339 e. The lowest BCUT2D eigenvalue weighted by Gasteiger charge is -2.23. The number of benzene rings is 2. The van der Waals surface area contributed by atoms with Gasteiger partial charge in [0, 0.05) is 5.92 Å². The normalized spacial score (nSPS) is 11.6. The van der Waals surface area contributed by atoms with E-state index in [9.17, 15) is 14.4 Å². The van der Waals surface area contributed by atoms with E-state index in [4.69, 9.17) is 9.47 Å². The molecule has 0 aliphatic carbocycles. The van der Waals surface area contributed by atoms with Gasteiger partial charge in [-0.1, -0.05) is 56.2 Å². The van der Waals surface area contributed by atoms with Crippen molar-refractivity contribution in [1.82, 2.24) is 0 Å². The maximum absolute atomic E-state index is 12.7. The molecular weight excluding hydrogens is 356 g/mol. The molecule has 5 heteroatoms. The molecular formula is C23H26O5. The number of carbonyl (C=O) groups excluding carboxylic acids is 3. The number of rotatable bonds is 8. The number of carbonyl (C=O) groups is 3. The van der Waals surface area contributed by atoms with E-state index in [1.807, 2.05) is 37.3 Å². The van der Waals surface area contributed by atoms with Crippen molar-refractivity contribution in [2.75, 3.05) is 14.2 Å². The van der Waals surface area contributed by atoms with Crippen LogP contribution >= 0.6 is 0 Å². The van der Waals surface area contributed by atoms with Gasteiger partial charge in [-0.3, -0.25) is 4.79 Å². The fourth-order valence-corrected chi connectivity index (χ4v) is 3.41. The van der Waals surface area contributed by atoms with Crippen molar-refractivity contribution < 1.29 is 23.9 Å². The van der Waals surface area contributed by atoms with Crippen LogP contribution in [0.25, 0.3) is 11.1 Å². The van der Waals surface area contributed by atoms with Gasteiger partial charge in [-0.25, -0.2) is 9.59 Å². The number of ether oxygens (including phenoxy) is 2. The second-order valence-corrected chi connectivity index (χ2v) is 6.60. The van der Waals surface area contributed by atoms with E-state index in [0.29, 0.717) is 12.0 Å². The highest BCUT2D eigenvalue weighted by Crippen LogP contribution is 2.37. The summed E-state index contributed by atoms with van der Waals surface area (Å²) in [7, 11) is 2.52. The van der Waals surface area contributed by atoms with E-state index in [0.717, 1.165) is 24.0 Å². The molecule has 0 radical (unpaired) electrons. The molecule has 0 aromatic heterocycles. The molecule has 0 bridgehead atoms. The fraction of sp³-hybridized carbons (Fsp3) is 0.348. The van der Waals surface area contributed by atoms with Crippen molar-refractivity contribution in [3.8, 4) is 11.1 Å². The monoisotopic (exact) mass is 382 g/mol. The molecule has 2 aromatic carbocycles. The first-order valence-corrected chi connectivity index (χ1v) is 9.35. The van der Waals surface area contributed by atoms with Crippen molar-refractivity contribution in [3.05, 3.63) is 59.2 Å². The topological polar surface area (TPSA) is 69.7 Å². The van der Waals surface area contributed by atoms with Gasteiger partial charge in [-0.15, -0.1) is 0 Å². The van der Waals surface area contributed by atoms with Crippen LogP contribution in [0.2, 0.25) is 0 Å². The summed E-state index contributed by atoms with van der Waals surface area (Å²) in [5, 5.41) is 0. The van der Waals surface area contributed by atoms with Gasteiger partial charge in [0.05, 0.1) is 25.3 Å². The van der Waals surface area contributed by atoms with Gasteiger partial charge in [0.15, 0.2) is 0 Å². The quantitative estimate of drug-likeness (QED) is 0.614. The smallest absolute Gasteiger partial charge is 0.339 e. The Morgan fingerprint density at radius 2 is 1.57 bits per heavy atom. The number of Topliss-reactive ketones (excluding diaryl/α,β-unsaturated/α-hetero) is 1. The van der Waals surface area contributed by atoms with Crippen LogP contribution in [-0.2, 0) is 14.3 Å². The first-order valence-electron chi connectivity index (χ1n) is 9.35. The lowest BCUT2D eigenvalue weighted by molar-refractivity contribution is -0.118. The Labute approximate surface area is 165 Å². The third-order valence-corrected chi connectivity index (χ3v) is 4.81. The molecule has 5 nitrogen and oxygen atoms in total. The van der Waals surface area contributed by atoms with Crippen LogP contribution in [-0.4, -0.2) is 31.9 Å². The van der Waals surface area contributed by atoms with Gasteiger partial charge in [0.25, 0.3) is 0 Å². The first kappa shape index (κ1) is 21.4. The summed E-state index contributed by atoms with van der Waals surface area (Å²) in [5.74, 6) is -1.87. The lowest BCUT2D eigenvalue weighted by atomic mass is 9.80. The highest BCUT2D eigenvalue weighted by atomic mass is 16.5. The number of esters is 2. The zero-order valence-corrected chi connectivity index (χ0v) is 16.8. The van der Waals surface area contributed by atoms with Crippen LogP contribution in [0.5, 0.6) is 0 Å². The largest absolute Gasteiger partial charge is 0.465 e. The van der Waals surface area contributed by atoms with Crippen molar-refractivity contribution >= 4 is 17.7 Å². The lowest BCUT2D eigenvalue weighted by Crippen LogP contribution is -2.20. The zero-order chi connectivity index (χ0) is 20.7. The van der Waals surface area contributed by atoms with Gasteiger partial charge in [0.1, 0.15) is 5.78 Å². The average molecular weight is 382 g/mol. The minimum absolute atomic E-state index is 0.0576. The van der Waals surface area contributed by atoms with E-state index in [-0.39, 0.29) is 16.9 Å². The molecule has 0 aliphatic rings. The van der Waals surface area contributed by atoms with Crippen molar-refractivity contribution in [2.24, 2.45) is 0 Å². The van der Waals surface area contributed by atoms with Gasteiger partial charge >= 0.3 is 11.9 Å². The van der Waals surface area contributed by atoms with E-state index in [2.05, 4.69) is 0 Å². The highest BCUT2D eigenvalue weighted by Gasteiger charge is 2.31. The fourth-order valence-electron chi connectivity index (χ4n) is 3.41. The SMILES string of the molecule is CCCCC(C(C)=O)c1c(-c2ccccc2)ccc(C(=O)OC)c1C(=O)OC. The first-order chi connectivity index (χ1) is 13.5. The van der Waals surface area contributed by atoms with E-state index in [1.54, 1.807) is 12.1 Å². The molecule has 0 heterocycles. The summed E-state index contributed by atoms with van der Waals surface area (Å²) in [6, 6.07) is 12.8. The summed E-state index contributed by atoms with van der Waals surface area (Å²) in [5.41, 5.74) is 2.34. The molecule has 0 saturated heterocycles. The third kappa shape index (κ3) is 4.47. The van der Waals surface area contributed by atoms with Crippen LogP contribution in [0, 0.1) is 0 Å². The molecule has 1 atom stereocenters. The predicted octanol–water partition coefficient (Wildman–Crippen LogP) is 4.79. The number of hydrogen-bond acceptors (Lipinski definition) is 5. The highest BCUT2D eigenvalue weighted by molar-refractivity contribution is 6.07. The Hall–Kier alpha value is -2.95. The van der Waals surface area contributed by atoms with E-state index < -0.39 is 17.9 Å². The summed E-state index contributed by atoms with van der Waals surface area (Å²) in [6.45, 7) is 3.56. The van der Waals surface area contributed by atoms with Crippen LogP contribution in [0.3, 0.4) is 0 Å². The molecule has 0 N–H and O–H groups in total. The molecule has 0 amide bonds. The molecule has 0 fully saturated rings. The summed E-state index contributed by atoms with van der Waals surface area (Å²) < 4.78 is 9.84. The Balaban J connectivity index is 2.88. The van der Waals surface area contributed by atoms with Crippen molar-refractivity contribution in [1.29, 1.82) is 0 Å². The van der Waals surface area contributed by atoms with Crippen LogP contribution in [0.15, 0.2) is 42.5 Å². The standard InChI is InChI=1S/C23H26O5/c1-5-6-12-17(15(2)24)20-18(16-10-8-7-9-11-16)13-14-19(22(25)27-3)21(20)23(26)28-4/h7-11,13-14,17H,5-6,12H2,1-4H3. The minimum Gasteiger partial charge on any atom is -0.465 e. The Bertz CT molecular complexity index is 855. The third-order valence-electron chi connectivity index (χ3n) is 4.81. The van der Waals surface area contributed by atoms with Gasteiger partial charge in [-0.2, -0.15) is 0 Å².